The van der Waals surface area contributed by atoms with Crippen molar-refractivity contribution in [2.75, 3.05) is 38.5 Å². The Balaban J connectivity index is 1.23. The van der Waals surface area contributed by atoms with Crippen LogP contribution in [0.15, 0.2) is 72.0 Å². The van der Waals surface area contributed by atoms with E-state index in [1.807, 2.05) is 24.7 Å². The minimum Gasteiger partial charge on any atom is -0.378 e. The van der Waals surface area contributed by atoms with Crippen LogP contribution in [0.4, 0.5) is 5.69 Å². The maximum Gasteiger partial charge on any atom is 0.251 e. The maximum absolute atomic E-state index is 13.3. The highest BCUT2D eigenvalue weighted by Gasteiger charge is 2.29. The SMILES string of the molecule is CN1CCN(S(=O)(=O)c2ccccc2CNC(=O)c2cccc(NCc3nnc(-c4ccncn4)n3C)c2)CC1. The first-order valence-electron chi connectivity index (χ1n) is 12.9. The van der Waals surface area contributed by atoms with E-state index in [4.69, 9.17) is 0 Å². The van der Waals surface area contributed by atoms with E-state index in [0.29, 0.717) is 61.2 Å². The number of benzene rings is 2. The lowest BCUT2D eigenvalue weighted by molar-refractivity contribution is 0.0950. The zero-order chi connectivity index (χ0) is 28.1. The van der Waals surface area contributed by atoms with Crippen molar-refractivity contribution in [1.29, 1.82) is 0 Å². The molecule has 0 bridgehead atoms. The summed E-state index contributed by atoms with van der Waals surface area (Å²) in [5.41, 5.74) is 2.40. The van der Waals surface area contributed by atoms with Crippen LogP contribution in [0.25, 0.3) is 11.5 Å². The Labute approximate surface area is 233 Å². The van der Waals surface area contributed by atoms with Crippen LogP contribution in [-0.4, -0.2) is 81.5 Å². The predicted molar refractivity (Wildman–Crippen MR) is 150 cm³/mol. The maximum atomic E-state index is 13.3. The van der Waals surface area contributed by atoms with Crippen molar-refractivity contribution in [3.8, 4) is 11.5 Å². The van der Waals surface area contributed by atoms with Crippen molar-refractivity contribution < 1.29 is 13.2 Å². The van der Waals surface area contributed by atoms with E-state index in [1.54, 1.807) is 54.7 Å². The van der Waals surface area contributed by atoms with Crippen LogP contribution in [0, 0.1) is 0 Å². The van der Waals surface area contributed by atoms with Crippen LogP contribution < -0.4 is 10.6 Å². The average molecular weight is 562 g/mol. The van der Waals surface area contributed by atoms with Gasteiger partial charge in [-0.15, -0.1) is 10.2 Å². The van der Waals surface area contributed by atoms with Gasteiger partial charge < -0.3 is 20.1 Å². The number of likely N-dealkylation sites (N-methyl/N-ethyl adjacent to an activating group) is 1. The molecule has 0 aliphatic carbocycles. The molecule has 0 atom stereocenters. The Morgan fingerprint density at radius 2 is 1.75 bits per heavy atom. The summed E-state index contributed by atoms with van der Waals surface area (Å²) in [5.74, 6) is 1.02. The number of carbonyl (C=O) groups is 1. The average Bonchev–Trinajstić information content (AvgIpc) is 3.35. The highest BCUT2D eigenvalue weighted by Crippen LogP contribution is 2.22. The molecule has 0 spiro atoms. The van der Waals surface area contributed by atoms with Gasteiger partial charge in [0.25, 0.3) is 5.91 Å². The Kier molecular flexibility index (Phi) is 8.14. The Hall–Kier alpha value is -4.20. The van der Waals surface area contributed by atoms with E-state index in [9.17, 15) is 13.2 Å². The topological polar surface area (TPSA) is 138 Å². The Bertz CT molecular complexity index is 1580. The van der Waals surface area contributed by atoms with E-state index in [0.717, 1.165) is 5.69 Å². The van der Waals surface area contributed by atoms with Gasteiger partial charge in [0, 0.05) is 57.2 Å². The van der Waals surface area contributed by atoms with Crippen molar-refractivity contribution in [3.05, 3.63) is 84.1 Å². The summed E-state index contributed by atoms with van der Waals surface area (Å²) in [6, 6.07) is 15.7. The van der Waals surface area contributed by atoms with Gasteiger partial charge in [-0.2, -0.15) is 4.31 Å². The quantitative estimate of drug-likeness (QED) is 0.313. The first kappa shape index (κ1) is 27.4. The lowest BCUT2D eigenvalue weighted by Crippen LogP contribution is -2.47. The first-order chi connectivity index (χ1) is 19.3. The van der Waals surface area contributed by atoms with Crippen molar-refractivity contribution in [3.63, 3.8) is 0 Å². The number of aromatic nitrogens is 5. The largest absolute Gasteiger partial charge is 0.378 e. The molecule has 40 heavy (non-hydrogen) atoms. The third-order valence-corrected chi connectivity index (χ3v) is 8.84. The summed E-state index contributed by atoms with van der Waals surface area (Å²) < 4.78 is 30.0. The summed E-state index contributed by atoms with van der Waals surface area (Å²) in [6.45, 7) is 2.72. The van der Waals surface area contributed by atoms with E-state index in [-0.39, 0.29) is 17.3 Å². The summed E-state index contributed by atoms with van der Waals surface area (Å²) in [6.07, 6.45) is 3.11. The number of sulfonamides is 1. The minimum atomic E-state index is -3.66. The number of nitrogens with zero attached hydrogens (tertiary/aromatic N) is 7. The summed E-state index contributed by atoms with van der Waals surface area (Å²) in [5, 5.41) is 14.6. The van der Waals surface area contributed by atoms with Gasteiger partial charge in [-0.05, 0) is 42.9 Å². The van der Waals surface area contributed by atoms with Crippen molar-refractivity contribution in [1.82, 2.24) is 39.3 Å². The van der Waals surface area contributed by atoms with Crippen LogP contribution in [-0.2, 0) is 30.2 Å². The highest BCUT2D eigenvalue weighted by atomic mass is 32.2. The highest BCUT2D eigenvalue weighted by molar-refractivity contribution is 7.89. The van der Waals surface area contributed by atoms with Crippen LogP contribution in [0.2, 0.25) is 0 Å². The molecule has 12 nitrogen and oxygen atoms in total. The monoisotopic (exact) mass is 561 g/mol. The van der Waals surface area contributed by atoms with Gasteiger partial charge in [-0.25, -0.2) is 18.4 Å². The molecule has 2 N–H and O–H groups in total. The third kappa shape index (κ3) is 6.01. The van der Waals surface area contributed by atoms with Crippen LogP contribution in [0.1, 0.15) is 21.7 Å². The molecule has 1 fully saturated rings. The zero-order valence-corrected chi connectivity index (χ0v) is 23.2. The second kappa shape index (κ2) is 11.9. The van der Waals surface area contributed by atoms with Crippen LogP contribution in [0.5, 0.6) is 0 Å². The van der Waals surface area contributed by atoms with Crippen molar-refractivity contribution >= 4 is 21.6 Å². The molecule has 1 aliphatic heterocycles. The fourth-order valence-electron chi connectivity index (χ4n) is 4.46. The van der Waals surface area contributed by atoms with Gasteiger partial charge >= 0.3 is 0 Å². The number of nitrogens with one attached hydrogen (secondary N) is 2. The number of hydrogen-bond acceptors (Lipinski definition) is 9. The summed E-state index contributed by atoms with van der Waals surface area (Å²) in [4.78, 5) is 23.5. The molecule has 1 saturated heterocycles. The van der Waals surface area contributed by atoms with Gasteiger partial charge in [0.05, 0.1) is 11.4 Å². The number of hydrogen-bond donors (Lipinski definition) is 2. The Morgan fingerprint density at radius 3 is 2.52 bits per heavy atom. The number of amides is 1. The summed E-state index contributed by atoms with van der Waals surface area (Å²) >= 11 is 0. The molecule has 3 heterocycles. The second-order valence-electron chi connectivity index (χ2n) is 9.53. The third-order valence-electron chi connectivity index (χ3n) is 6.84. The molecule has 1 amide bonds. The molecule has 208 valence electrons. The van der Waals surface area contributed by atoms with Crippen LogP contribution in [0.3, 0.4) is 0 Å². The number of rotatable bonds is 9. The molecule has 1 aliphatic rings. The zero-order valence-electron chi connectivity index (χ0n) is 22.4. The van der Waals surface area contributed by atoms with E-state index in [2.05, 4.69) is 35.7 Å². The number of piperazine rings is 1. The molecule has 0 saturated carbocycles. The molecular formula is C27H31N9O3S. The molecule has 0 unspecified atom stereocenters. The van der Waals surface area contributed by atoms with Gasteiger partial charge in [-0.3, -0.25) is 4.79 Å². The number of carbonyl (C=O) groups excluding carboxylic acids is 1. The molecule has 5 rings (SSSR count). The van der Waals surface area contributed by atoms with Gasteiger partial charge in [-0.1, -0.05) is 24.3 Å². The lowest BCUT2D eigenvalue weighted by atomic mass is 10.1. The van der Waals surface area contributed by atoms with E-state index >= 15 is 0 Å². The molecule has 2 aromatic heterocycles. The number of anilines is 1. The van der Waals surface area contributed by atoms with Gasteiger partial charge in [0.1, 0.15) is 12.0 Å². The predicted octanol–water partition coefficient (Wildman–Crippen LogP) is 1.75. The van der Waals surface area contributed by atoms with Crippen LogP contribution >= 0.6 is 0 Å². The van der Waals surface area contributed by atoms with E-state index < -0.39 is 10.0 Å². The molecular weight excluding hydrogens is 530 g/mol. The minimum absolute atomic E-state index is 0.0877. The van der Waals surface area contributed by atoms with Crippen molar-refractivity contribution in [2.24, 2.45) is 7.05 Å². The molecule has 13 heteroatoms. The molecule has 0 radical (unpaired) electrons. The lowest BCUT2D eigenvalue weighted by Gasteiger charge is -2.32. The standard InChI is InChI=1S/C27H31N9O3S/c1-34-12-14-36(15-13-34)40(38,39)24-9-4-3-6-21(24)17-30-27(37)20-7-5-8-22(16-20)29-18-25-32-33-26(35(25)2)23-10-11-28-19-31-23/h3-11,16,19,29H,12-15,17-18H2,1-2H3,(H,30,37). The normalized spacial score (nSPS) is 14.7. The van der Waals surface area contributed by atoms with Gasteiger partial charge in [0.15, 0.2) is 11.6 Å². The Morgan fingerprint density at radius 1 is 0.950 bits per heavy atom. The fourth-order valence-corrected chi connectivity index (χ4v) is 6.10. The second-order valence-corrected chi connectivity index (χ2v) is 11.4. The van der Waals surface area contributed by atoms with Gasteiger partial charge in [0.2, 0.25) is 10.0 Å². The van der Waals surface area contributed by atoms with E-state index in [1.165, 1.54) is 10.6 Å². The van der Waals surface area contributed by atoms with Crippen molar-refractivity contribution in [2.45, 2.75) is 18.0 Å². The first-order valence-corrected chi connectivity index (χ1v) is 14.3. The fraction of sp³-hybridized carbons (Fsp3) is 0.296. The molecule has 4 aromatic rings. The smallest absolute Gasteiger partial charge is 0.251 e. The summed E-state index contributed by atoms with van der Waals surface area (Å²) in [7, 11) is 0.175. The molecule has 2 aromatic carbocycles.